The van der Waals surface area contributed by atoms with Gasteiger partial charge in [0.15, 0.2) is 11.5 Å². The fourth-order valence-corrected chi connectivity index (χ4v) is 6.16. The van der Waals surface area contributed by atoms with E-state index < -0.39 is 47.8 Å². The summed E-state index contributed by atoms with van der Waals surface area (Å²) < 4.78 is 31.7. The molecule has 1 aromatic carbocycles. The zero-order valence-electron chi connectivity index (χ0n) is 25.5. The van der Waals surface area contributed by atoms with Crippen LogP contribution in [0.3, 0.4) is 0 Å². The van der Waals surface area contributed by atoms with Gasteiger partial charge in [-0.25, -0.2) is 9.59 Å². The van der Waals surface area contributed by atoms with Gasteiger partial charge in [0.2, 0.25) is 11.8 Å². The number of alkyl halides is 3. The molecule has 1 aromatic heterocycles. The van der Waals surface area contributed by atoms with Crippen LogP contribution >= 0.6 is 0 Å². The van der Waals surface area contributed by atoms with Gasteiger partial charge in [-0.2, -0.15) is 13.2 Å². The summed E-state index contributed by atoms with van der Waals surface area (Å²) in [4.78, 5) is 77.7. The van der Waals surface area contributed by atoms with Crippen molar-refractivity contribution >= 4 is 47.1 Å². The largest absolute Gasteiger partial charge is 0.490 e. The van der Waals surface area contributed by atoms with Crippen LogP contribution in [-0.2, 0) is 14.4 Å². The van der Waals surface area contributed by atoms with E-state index in [0.717, 1.165) is 69.2 Å². The summed E-state index contributed by atoms with van der Waals surface area (Å²) in [5.41, 5.74) is 1.40. The SMILES string of the molecule is O=C(O)C(F)(F)F.O=C1CCC(N2C(=O)c3ccc(N4CCN(CC5CCN(c6ccc(C(=O)O)nn6)CC5)CC4)cc3C2=O)C(=O)N1. The van der Waals surface area contributed by atoms with Crippen LogP contribution in [0.4, 0.5) is 24.7 Å². The van der Waals surface area contributed by atoms with Crippen molar-refractivity contribution in [1.29, 1.82) is 0 Å². The normalized spacial score (nSPS) is 20.6. The van der Waals surface area contributed by atoms with Gasteiger partial charge >= 0.3 is 18.1 Å². The van der Waals surface area contributed by atoms with Crippen LogP contribution in [0.2, 0.25) is 0 Å². The number of aliphatic carboxylic acids is 1. The molecule has 3 saturated heterocycles. The number of piperazine rings is 1. The first kappa shape index (κ1) is 34.2. The lowest BCUT2D eigenvalue weighted by atomic mass is 9.96. The van der Waals surface area contributed by atoms with Crippen LogP contribution in [0.1, 0.15) is 56.9 Å². The third-order valence-electron chi connectivity index (χ3n) is 8.73. The molecule has 4 aliphatic heterocycles. The summed E-state index contributed by atoms with van der Waals surface area (Å²) in [6.07, 6.45) is -2.81. The first-order valence-electron chi connectivity index (χ1n) is 15.2. The molecule has 3 N–H and O–H groups in total. The fraction of sp³-hybridized carbons (Fsp3) is 0.467. The van der Waals surface area contributed by atoms with E-state index in [1.54, 1.807) is 18.2 Å². The number of carbonyl (C=O) groups excluding carboxylic acids is 4. The molecule has 0 saturated carbocycles. The summed E-state index contributed by atoms with van der Waals surface area (Å²) in [6, 6.07) is 7.50. The second-order valence-electron chi connectivity index (χ2n) is 11.8. The summed E-state index contributed by atoms with van der Waals surface area (Å²) >= 11 is 0. The number of piperidine rings is 2. The number of fused-ring (bicyclic) bond motifs is 1. The Morgan fingerprint density at radius 2 is 1.48 bits per heavy atom. The summed E-state index contributed by atoms with van der Waals surface area (Å²) in [6.45, 7) is 6.06. The van der Waals surface area contributed by atoms with Crippen LogP contribution in [0.5, 0.6) is 0 Å². The van der Waals surface area contributed by atoms with Crippen molar-refractivity contribution in [2.24, 2.45) is 5.92 Å². The number of carboxylic acid groups (broad SMARTS) is 2. The number of halogens is 3. The lowest BCUT2D eigenvalue weighted by molar-refractivity contribution is -0.192. The zero-order chi connectivity index (χ0) is 34.7. The topological polar surface area (TPSA) is 194 Å². The van der Waals surface area contributed by atoms with Crippen molar-refractivity contribution in [2.45, 2.75) is 37.9 Å². The van der Waals surface area contributed by atoms with E-state index >= 15 is 0 Å². The molecule has 6 rings (SSSR count). The highest BCUT2D eigenvalue weighted by Gasteiger charge is 2.45. The number of anilines is 2. The highest BCUT2D eigenvalue weighted by atomic mass is 19.4. The van der Waals surface area contributed by atoms with Gasteiger partial charge in [0.1, 0.15) is 6.04 Å². The minimum atomic E-state index is -5.08. The first-order valence-corrected chi connectivity index (χ1v) is 15.2. The van der Waals surface area contributed by atoms with Gasteiger partial charge in [0.25, 0.3) is 11.8 Å². The Labute approximate surface area is 271 Å². The van der Waals surface area contributed by atoms with Crippen molar-refractivity contribution in [2.75, 3.05) is 55.6 Å². The number of rotatable bonds is 6. The molecule has 48 heavy (non-hydrogen) atoms. The average Bonchev–Trinajstić information content (AvgIpc) is 3.30. The van der Waals surface area contributed by atoms with E-state index in [0.29, 0.717) is 17.3 Å². The van der Waals surface area contributed by atoms with Gasteiger partial charge in [-0.1, -0.05) is 0 Å². The van der Waals surface area contributed by atoms with Gasteiger partial charge < -0.3 is 20.0 Å². The number of hydrogen-bond donors (Lipinski definition) is 3. The molecule has 3 fully saturated rings. The van der Waals surface area contributed by atoms with Crippen LogP contribution in [0, 0.1) is 5.92 Å². The molecular formula is C30H32F3N7O8. The second kappa shape index (κ2) is 13.9. The number of imide groups is 2. The number of hydrogen-bond acceptors (Lipinski definition) is 11. The van der Waals surface area contributed by atoms with Gasteiger partial charge in [-0.3, -0.25) is 34.3 Å². The van der Waals surface area contributed by atoms with Gasteiger partial charge in [-0.05, 0) is 55.5 Å². The molecule has 1 atom stereocenters. The minimum absolute atomic E-state index is 0.0584. The highest BCUT2D eigenvalue weighted by molar-refractivity contribution is 6.23. The smallest absolute Gasteiger partial charge is 0.476 e. The Hall–Kier alpha value is -5.13. The Morgan fingerprint density at radius 3 is 2.04 bits per heavy atom. The standard InChI is InChI=1S/C28H31N7O6.C2HF3O2/c36-24-6-4-22(25(37)29-24)35-26(38)19-2-1-18(15-20(19)27(35)39)33-13-11-32(12-14-33)16-17-7-9-34(10-8-17)23-5-3-21(28(40)41)30-31-23;3-2(4,5)1(6)7/h1-3,5,15,17,22H,4,6-14,16H2,(H,40,41)(H,29,36,37);(H,6,7). The van der Waals surface area contributed by atoms with E-state index in [2.05, 4.69) is 30.2 Å². The lowest BCUT2D eigenvalue weighted by Gasteiger charge is -2.39. The van der Waals surface area contributed by atoms with E-state index in [1.807, 2.05) is 6.07 Å². The van der Waals surface area contributed by atoms with Gasteiger partial charge in [0.05, 0.1) is 11.1 Å². The monoisotopic (exact) mass is 675 g/mol. The van der Waals surface area contributed by atoms with Crippen LogP contribution in [-0.4, -0.2) is 124 Å². The van der Waals surface area contributed by atoms with Crippen LogP contribution in [0.25, 0.3) is 0 Å². The third-order valence-corrected chi connectivity index (χ3v) is 8.73. The molecule has 4 amide bonds. The van der Waals surface area contributed by atoms with E-state index in [9.17, 15) is 37.1 Å². The molecular weight excluding hydrogens is 643 g/mol. The Balaban J connectivity index is 0.000000582. The van der Waals surface area contributed by atoms with Crippen molar-refractivity contribution in [3.8, 4) is 0 Å². The third kappa shape index (κ3) is 7.53. The predicted octanol–water partition coefficient (Wildman–Crippen LogP) is 1.25. The Bertz CT molecular complexity index is 1600. The maximum atomic E-state index is 13.2. The number of benzene rings is 1. The minimum Gasteiger partial charge on any atom is -0.476 e. The molecule has 18 heteroatoms. The molecule has 0 radical (unpaired) electrons. The zero-order valence-corrected chi connectivity index (χ0v) is 25.5. The number of carboxylic acids is 2. The molecule has 4 aliphatic rings. The molecule has 256 valence electrons. The number of aromatic carboxylic acids is 1. The van der Waals surface area contributed by atoms with E-state index in [-0.39, 0.29) is 24.1 Å². The van der Waals surface area contributed by atoms with E-state index in [1.165, 1.54) is 6.07 Å². The summed E-state index contributed by atoms with van der Waals surface area (Å²) in [7, 11) is 0. The number of amides is 4. The van der Waals surface area contributed by atoms with Gasteiger partial charge in [-0.15, -0.1) is 10.2 Å². The number of carbonyl (C=O) groups is 6. The maximum Gasteiger partial charge on any atom is 0.490 e. The molecule has 0 spiro atoms. The Morgan fingerprint density at radius 1 is 0.833 bits per heavy atom. The van der Waals surface area contributed by atoms with Crippen LogP contribution < -0.4 is 15.1 Å². The quantitative estimate of drug-likeness (QED) is 0.371. The molecule has 2 aromatic rings. The van der Waals surface area contributed by atoms with Crippen LogP contribution in [0.15, 0.2) is 30.3 Å². The summed E-state index contributed by atoms with van der Waals surface area (Å²) in [5, 5.41) is 26.2. The van der Waals surface area contributed by atoms with Crippen molar-refractivity contribution in [3.63, 3.8) is 0 Å². The fourth-order valence-electron chi connectivity index (χ4n) is 6.16. The van der Waals surface area contributed by atoms with Gasteiger partial charge in [0, 0.05) is 57.9 Å². The average molecular weight is 676 g/mol. The van der Waals surface area contributed by atoms with Crippen molar-refractivity contribution in [3.05, 3.63) is 47.2 Å². The van der Waals surface area contributed by atoms with Crippen molar-refractivity contribution < 1.29 is 52.2 Å². The molecule has 0 bridgehead atoms. The Kier molecular flexibility index (Phi) is 9.92. The van der Waals surface area contributed by atoms with Crippen molar-refractivity contribution in [1.82, 2.24) is 25.3 Å². The molecule has 15 nitrogen and oxygen atoms in total. The molecule has 0 aliphatic carbocycles. The number of nitrogens with one attached hydrogen (secondary N) is 1. The lowest BCUT2D eigenvalue weighted by Crippen LogP contribution is -2.54. The maximum absolute atomic E-state index is 13.2. The predicted molar refractivity (Wildman–Crippen MR) is 159 cm³/mol. The van der Waals surface area contributed by atoms with E-state index in [4.69, 9.17) is 15.0 Å². The first-order chi connectivity index (χ1) is 22.7. The molecule has 1 unspecified atom stereocenters. The second-order valence-corrected chi connectivity index (χ2v) is 11.8. The highest BCUT2D eigenvalue weighted by Crippen LogP contribution is 2.31. The number of nitrogens with zero attached hydrogens (tertiary/aromatic N) is 6. The molecule has 5 heterocycles. The summed E-state index contributed by atoms with van der Waals surface area (Å²) in [5.74, 6) is -4.56. The number of aromatic nitrogens is 2.